The number of thioether (sulfide) groups is 1. The molecule has 5 nitrogen and oxygen atoms in total. The predicted octanol–water partition coefficient (Wildman–Crippen LogP) is 2.01. The Kier molecular flexibility index (Phi) is 6.07. The summed E-state index contributed by atoms with van der Waals surface area (Å²) in [6.07, 6.45) is 0. The van der Waals surface area contributed by atoms with Gasteiger partial charge in [0.05, 0.1) is 17.2 Å². The van der Waals surface area contributed by atoms with Crippen LogP contribution in [0, 0.1) is 6.92 Å². The number of nitrogens with one attached hydrogen (secondary N) is 1. The fraction of sp³-hybridized carbons (Fsp3) is 0.500. The van der Waals surface area contributed by atoms with Crippen LogP contribution in [0.15, 0.2) is 10.5 Å². The average molecular weight is 306 g/mol. The van der Waals surface area contributed by atoms with Crippen molar-refractivity contribution in [2.75, 3.05) is 7.05 Å². The Hall–Kier alpha value is -0.630. The fourth-order valence-corrected chi connectivity index (χ4v) is 2.94. The van der Waals surface area contributed by atoms with Gasteiger partial charge in [0.25, 0.3) is 0 Å². The molecule has 8 heteroatoms. The second-order valence-corrected chi connectivity index (χ2v) is 5.64. The normalized spacial score (nSPS) is 10.4. The van der Waals surface area contributed by atoms with Crippen LogP contribution in [0.5, 0.6) is 0 Å². The molecule has 0 aliphatic carbocycles. The Bertz CT molecular complexity index is 496. The van der Waals surface area contributed by atoms with Crippen LogP contribution in [0.25, 0.3) is 0 Å². The number of nitrogens with zero attached hydrogens (tertiary/aromatic N) is 4. The molecule has 0 aromatic carbocycles. The Morgan fingerprint density at radius 1 is 1.44 bits per heavy atom. The molecule has 0 amide bonds. The lowest BCUT2D eigenvalue weighted by Crippen LogP contribution is -2.10. The van der Waals surface area contributed by atoms with Gasteiger partial charge in [-0.1, -0.05) is 11.8 Å². The molecule has 0 saturated carbocycles. The maximum Gasteiger partial charge on any atom is 0.191 e. The molecule has 0 aliphatic heterocycles. The van der Waals surface area contributed by atoms with Crippen molar-refractivity contribution in [3.8, 4) is 0 Å². The number of aromatic nitrogens is 4. The molecule has 1 N–H and O–H groups in total. The number of rotatable bonds is 5. The van der Waals surface area contributed by atoms with Crippen LogP contribution in [-0.2, 0) is 19.3 Å². The molecule has 2 rings (SSSR count). The first-order valence-corrected chi connectivity index (χ1v) is 7.14. The lowest BCUT2D eigenvalue weighted by Gasteiger charge is -2.01. The van der Waals surface area contributed by atoms with Crippen molar-refractivity contribution < 1.29 is 0 Å². The highest BCUT2D eigenvalue weighted by atomic mass is 35.5. The third kappa shape index (κ3) is 3.68. The lowest BCUT2D eigenvalue weighted by atomic mass is 10.6. The quantitative estimate of drug-likeness (QED) is 0.857. The maximum absolute atomic E-state index is 4.43. The standard InChI is InChI=1S/C10H15N5S2.ClH/c1-7-12-8(5-16-7)6-17-10-14-13-9(4-11-2)15(10)3;/h5,11H,4,6H2,1-3H3;1H. The highest BCUT2D eigenvalue weighted by Gasteiger charge is 2.09. The molecule has 18 heavy (non-hydrogen) atoms. The molecule has 0 radical (unpaired) electrons. The van der Waals surface area contributed by atoms with Crippen LogP contribution in [-0.4, -0.2) is 26.8 Å². The van der Waals surface area contributed by atoms with Crippen LogP contribution >= 0.6 is 35.5 Å². The molecule has 2 aromatic heterocycles. The molecule has 0 aliphatic rings. The highest BCUT2D eigenvalue weighted by Crippen LogP contribution is 2.21. The van der Waals surface area contributed by atoms with Crippen molar-refractivity contribution >= 4 is 35.5 Å². The van der Waals surface area contributed by atoms with Gasteiger partial charge in [0.15, 0.2) is 5.16 Å². The number of aryl methyl sites for hydroxylation is 1. The van der Waals surface area contributed by atoms with Gasteiger partial charge in [-0.05, 0) is 14.0 Å². The number of hydrogen-bond donors (Lipinski definition) is 1. The molecule has 0 bridgehead atoms. The van der Waals surface area contributed by atoms with Crippen molar-refractivity contribution in [3.63, 3.8) is 0 Å². The molecule has 2 aromatic rings. The summed E-state index contributed by atoms with van der Waals surface area (Å²) >= 11 is 3.35. The van der Waals surface area contributed by atoms with Crippen molar-refractivity contribution in [1.82, 2.24) is 25.1 Å². The van der Waals surface area contributed by atoms with E-state index in [0.29, 0.717) is 0 Å². The van der Waals surface area contributed by atoms with Gasteiger partial charge >= 0.3 is 0 Å². The molecule has 100 valence electrons. The molecular formula is C10H16ClN5S2. The third-order valence-corrected chi connectivity index (χ3v) is 4.15. The number of hydrogen-bond acceptors (Lipinski definition) is 6. The van der Waals surface area contributed by atoms with Crippen LogP contribution < -0.4 is 5.32 Å². The SMILES string of the molecule is CNCc1nnc(SCc2csc(C)n2)n1C.Cl. The summed E-state index contributed by atoms with van der Waals surface area (Å²) in [5.74, 6) is 1.79. The minimum Gasteiger partial charge on any atom is -0.313 e. The number of thiazole rings is 1. The smallest absolute Gasteiger partial charge is 0.191 e. The first-order chi connectivity index (χ1) is 8.20. The van der Waals surface area contributed by atoms with Gasteiger partial charge in [0.2, 0.25) is 0 Å². The van der Waals surface area contributed by atoms with Crippen molar-refractivity contribution in [2.45, 2.75) is 24.4 Å². The van der Waals surface area contributed by atoms with E-state index in [-0.39, 0.29) is 12.4 Å². The molecule has 0 unspecified atom stereocenters. The van der Waals surface area contributed by atoms with Gasteiger partial charge in [-0.25, -0.2) is 4.98 Å². The van der Waals surface area contributed by atoms with E-state index in [0.717, 1.165) is 34.0 Å². The van der Waals surface area contributed by atoms with Crippen LogP contribution in [0.3, 0.4) is 0 Å². The van der Waals surface area contributed by atoms with Crippen molar-refractivity contribution in [1.29, 1.82) is 0 Å². The highest BCUT2D eigenvalue weighted by molar-refractivity contribution is 7.98. The van der Waals surface area contributed by atoms with E-state index in [1.807, 2.05) is 25.6 Å². The fourth-order valence-electron chi connectivity index (χ4n) is 1.40. The summed E-state index contributed by atoms with van der Waals surface area (Å²) in [4.78, 5) is 4.43. The second-order valence-electron chi connectivity index (χ2n) is 3.63. The zero-order chi connectivity index (χ0) is 12.3. The van der Waals surface area contributed by atoms with E-state index in [1.165, 1.54) is 0 Å². The third-order valence-electron chi connectivity index (χ3n) is 2.28. The van der Waals surface area contributed by atoms with Crippen molar-refractivity contribution in [3.05, 3.63) is 21.9 Å². The van der Waals surface area contributed by atoms with E-state index in [4.69, 9.17) is 0 Å². The summed E-state index contributed by atoms with van der Waals surface area (Å²) in [5.41, 5.74) is 1.11. The molecule has 0 spiro atoms. The molecule has 0 fully saturated rings. The predicted molar refractivity (Wildman–Crippen MR) is 77.4 cm³/mol. The minimum absolute atomic E-state index is 0. The van der Waals surface area contributed by atoms with Gasteiger partial charge < -0.3 is 9.88 Å². The van der Waals surface area contributed by atoms with Crippen LogP contribution in [0.4, 0.5) is 0 Å². The van der Waals surface area contributed by atoms with E-state index in [2.05, 4.69) is 25.9 Å². The minimum atomic E-state index is 0. The first kappa shape index (κ1) is 15.4. The van der Waals surface area contributed by atoms with Crippen LogP contribution in [0.1, 0.15) is 16.5 Å². The van der Waals surface area contributed by atoms with Gasteiger partial charge in [-0.3, -0.25) is 0 Å². The summed E-state index contributed by atoms with van der Waals surface area (Å²) in [5, 5.41) is 15.5. The molecule has 0 saturated heterocycles. The molecule has 2 heterocycles. The van der Waals surface area contributed by atoms with Crippen LogP contribution in [0.2, 0.25) is 0 Å². The lowest BCUT2D eigenvalue weighted by molar-refractivity contribution is 0.682. The Balaban J connectivity index is 0.00000162. The summed E-state index contributed by atoms with van der Waals surface area (Å²) in [6, 6.07) is 0. The average Bonchev–Trinajstić information content (AvgIpc) is 2.86. The second kappa shape index (κ2) is 7.08. The largest absolute Gasteiger partial charge is 0.313 e. The monoisotopic (exact) mass is 305 g/mol. The summed E-state index contributed by atoms with van der Waals surface area (Å²) in [7, 11) is 3.89. The van der Waals surface area contributed by atoms with E-state index in [1.54, 1.807) is 23.1 Å². The van der Waals surface area contributed by atoms with E-state index in [9.17, 15) is 0 Å². The zero-order valence-electron chi connectivity index (χ0n) is 10.5. The Morgan fingerprint density at radius 2 is 2.22 bits per heavy atom. The Labute approximate surface area is 121 Å². The van der Waals surface area contributed by atoms with Crippen molar-refractivity contribution in [2.24, 2.45) is 7.05 Å². The molecular weight excluding hydrogens is 290 g/mol. The van der Waals surface area contributed by atoms with E-state index >= 15 is 0 Å². The maximum atomic E-state index is 4.43. The van der Waals surface area contributed by atoms with Gasteiger partial charge in [-0.2, -0.15) is 0 Å². The Morgan fingerprint density at radius 3 is 2.83 bits per heavy atom. The van der Waals surface area contributed by atoms with E-state index < -0.39 is 0 Å². The van der Waals surface area contributed by atoms with Gasteiger partial charge in [0.1, 0.15) is 5.82 Å². The summed E-state index contributed by atoms with van der Waals surface area (Å²) < 4.78 is 2.01. The van der Waals surface area contributed by atoms with Gasteiger partial charge in [-0.15, -0.1) is 33.9 Å². The summed E-state index contributed by atoms with van der Waals surface area (Å²) in [6.45, 7) is 2.76. The number of halogens is 1. The topological polar surface area (TPSA) is 55.6 Å². The molecule has 0 atom stereocenters. The zero-order valence-corrected chi connectivity index (χ0v) is 13.0. The first-order valence-electron chi connectivity index (χ1n) is 5.27. The van der Waals surface area contributed by atoms with Gasteiger partial charge in [0, 0.05) is 18.2 Å².